The molecule has 1 aliphatic rings. The van der Waals surface area contributed by atoms with Crippen LogP contribution in [0, 0.1) is 6.92 Å². The molecule has 0 unspecified atom stereocenters. The van der Waals surface area contributed by atoms with E-state index in [4.69, 9.17) is 5.73 Å². The van der Waals surface area contributed by atoms with Crippen molar-refractivity contribution in [2.45, 2.75) is 18.4 Å². The highest BCUT2D eigenvalue weighted by molar-refractivity contribution is 7.89. The maximum absolute atomic E-state index is 12.7. The van der Waals surface area contributed by atoms with Gasteiger partial charge in [0, 0.05) is 37.6 Å². The molecule has 2 heterocycles. The van der Waals surface area contributed by atoms with E-state index in [0.717, 1.165) is 6.26 Å². The zero-order chi connectivity index (χ0) is 15.8. The molecule has 2 N–H and O–H groups in total. The summed E-state index contributed by atoms with van der Waals surface area (Å²) in [5, 5.41) is 1.78. The number of nitrogens with two attached hydrogens (primary N) is 1. The molecular weight excluding hydrogens is 334 g/mol. The summed E-state index contributed by atoms with van der Waals surface area (Å²) in [5.74, 6) is 0. The Kier molecular flexibility index (Phi) is 4.76. The summed E-state index contributed by atoms with van der Waals surface area (Å²) in [5.41, 5.74) is 6.30. The van der Waals surface area contributed by atoms with E-state index < -0.39 is 20.0 Å². The third kappa shape index (κ3) is 3.30. The monoisotopic (exact) mass is 353 g/mol. The molecule has 1 aliphatic heterocycles. The van der Waals surface area contributed by atoms with Gasteiger partial charge in [-0.15, -0.1) is 11.3 Å². The van der Waals surface area contributed by atoms with E-state index in [1.165, 1.54) is 19.9 Å². The van der Waals surface area contributed by atoms with Crippen LogP contribution in [0.25, 0.3) is 0 Å². The Hall–Kier alpha value is -0.520. The molecule has 0 bridgehead atoms. The lowest BCUT2D eigenvalue weighted by molar-refractivity contribution is 0.274. The van der Waals surface area contributed by atoms with Crippen molar-refractivity contribution < 1.29 is 16.8 Å². The largest absolute Gasteiger partial charge is 0.326 e. The molecular formula is C11H19N3O4S3. The summed E-state index contributed by atoms with van der Waals surface area (Å²) < 4.78 is 51.0. The Morgan fingerprint density at radius 1 is 1.14 bits per heavy atom. The molecule has 120 valence electrons. The number of piperazine rings is 1. The fourth-order valence-electron chi connectivity index (χ4n) is 2.35. The van der Waals surface area contributed by atoms with Crippen molar-refractivity contribution in [3.05, 3.63) is 15.8 Å². The van der Waals surface area contributed by atoms with Crippen molar-refractivity contribution in [2.24, 2.45) is 5.73 Å². The van der Waals surface area contributed by atoms with Gasteiger partial charge in [-0.3, -0.25) is 0 Å². The normalized spacial score (nSPS) is 19.0. The molecule has 0 amide bonds. The van der Waals surface area contributed by atoms with Crippen LogP contribution in [-0.2, 0) is 26.6 Å². The molecule has 2 rings (SSSR count). The number of sulfonamides is 2. The first-order valence-electron chi connectivity index (χ1n) is 6.40. The van der Waals surface area contributed by atoms with Gasteiger partial charge in [0.15, 0.2) is 0 Å². The molecule has 0 aliphatic carbocycles. The zero-order valence-corrected chi connectivity index (χ0v) is 14.4. The Bertz CT molecular complexity index is 716. The van der Waals surface area contributed by atoms with Crippen LogP contribution in [0.2, 0.25) is 0 Å². The second kappa shape index (κ2) is 5.94. The van der Waals surface area contributed by atoms with Crippen LogP contribution in [-0.4, -0.2) is 57.9 Å². The molecule has 7 nitrogen and oxygen atoms in total. The SMILES string of the molecule is Cc1csc(CN)c1S(=O)(=O)N1CCN(S(C)(=O)=O)CC1. The fourth-order valence-corrected chi connectivity index (χ4v) is 6.25. The van der Waals surface area contributed by atoms with E-state index in [1.807, 2.05) is 0 Å². The van der Waals surface area contributed by atoms with Gasteiger partial charge in [0.25, 0.3) is 0 Å². The third-order valence-electron chi connectivity index (χ3n) is 3.44. The van der Waals surface area contributed by atoms with Crippen LogP contribution in [0.15, 0.2) is 10.3 Å². The molecule has 1 fully saturated rings. The van der Waals surface area contributed by atoms with Crippen molar-refractivity contribution in [3.8, 4) is 0 Å². The highest BCUT2D eigenvalue weighted by Gasteiger charge is 2.33. The number of thiophene rings is 1. The molecule has 0 spiro atoms. The summed E-state index contributed by atoms with van der Waals surface area (Å²) in [6.45, 7) is 2.60. The Morgan fingerprint density at radius 2 is 1.67 bits per heavy atom. The van der Waals surface area contributed by atoms with Gasteiger partial charge in [0.1, 0.15) is 4.90 Å². The molecule has 0 saturated carbocycles. The van der Waals surface area contributed by atoms with Crippen molar-refractivity contribution >= 4 is 31.4 Å². The lowest BCUT2D eigenvalue weighted by Gasteiger charge is -2.32. The predicted octanol–water partition coefficient (Wildman–Crippen LogP) is -0.219. The van der Waals surface area contributed by atoms with E-state index in [1.54, 1.807) is 12.3 Å². The topological polar surface area (TPSA) is 101 Å². The van der Waals surface area contributed by atoms with Gasteiger partial charge in [-0.25, -0.2) is 16.8 Å². The summed E-state index contributed by atoms with van der Waals surface area (Å²) >= 11 is 1.33. The minimum Gasteiger partial charge on any atom is -0.326 e. The van der Waals surface area contributed by atoms with Gasteiger partial charge in [-0.05, 0) is 17.9 Å². The Morgan fingerprint density at radius 3 is 2.14 bits per heavy atom. The first-order valence-corrected chi connectivity index (χ1v) is 10.6. The third-order valence-corrected chi connectivity index (χ3v) is 8.13. The number of nitrogens with zero attached hydrogens (tertiary/aromatic N) is 2. The quantitative estimate of drug-likeness (QED) is 0.806. The van der Waals surface area contributed by atoms with Crippen molar-refractivity contribution in [3.63, 3.8) is 0 Å². The van der Waals surface area contributed by atoms with Gasteiger partial charge < -0.3 is 5.73 Å². The van der Waals surface area contributed by atoms with E-state index in [-0.39, 0.29) is 37.6 Å². The molecule has 0 atom stereocenters. The lowest BCUT2D eigenvalue weighted by Crippen LogP contribution is -2.50. The number of hydrogen-bond acceptors (Lipinski definition) is 6. The van der Waals surface area contributed by atoms with E-state index in [0.29, 0.717) is 10.4 Å². The molecule has 0 aromatic carbocycles. The summed E-state index contributed by atoms with van der Waals surface area (Å²) in [7, 11) is -6.89. The number of rotatable bonds is 4. The van der Waals surface area contributed by atoms with Gasteiger partial charge in [0.2, 0.25) is 20.0 Å². The molecule has 1 aromatic rings. The van der Waals surface area contributed by atoms with Gasteiger partial charge in [0.05, 0.1) is 6.26 Å². The summed E-state index contributed by atoms with van der Waals surface area (Å²) in [6, 6.07) is 0. The molecule has 10 heteroatoms. The molecule has 0 radical (unpaired) electrons. The molecule has 1 aromatic heterocycles. The first kappa shape index (κ1) is 16.8. The number of aryl methyl sites for hydroxylation is 1. The Balaban J connectivity index is 2.25. The van der Waals surface area contributed by atoms with Crippen LogP contribution in [0.3, 0.4) is 0 Å². The standard InChI is InChI=1S/C11H19N3O4S3/c1-9-8-19-10(7-12)11(9)21(17,18)14-5-3-13(4-6-14)20(2,15)16/h8H,3-7,12H2,1-2H3. The zero-order valence-electron chi connectivity index (χ0n) is 11.9. The van der Waals surface area contributed by atoms with Crippen molar-refractivity contribution in [2.75, 3.05) is 32.4 Å². The molecule has 1 saturated heterocycles. The van der Waals surface area contributed by atoms with E-state index in [2.05, 4.69) is 0 Å². The van der Waals surface area contributed by atoms with Crippen LogP contribution < -0.4 is 5.73 Å². The van der Waals surface area contributed by atoms with Crippen molar-refractivity contribution in [1.82, 2.24) is 8.61 Å². The minimum absolute atomic E-state index is 0.161. The van der Waals surface area contributed by atoms with E-state index in [9.17, 15) is 16.8 Å². The van der Waals surface area contributed by atoms with Crippen molar-refractivity contribution in [1.29, 1.82) is 0 Å². The van der Waals surface area contributed by atoms with Crippen LogP contribution >= 0.6 is 11.3 Å². The predicted molar refractivity (Wildman–Crippen MR) is 82.1 cm³/mol. The van der Waals surface area contributed by atoms with Crippen LogP contribution in [0.4, 0.5) is 0 Å². The molecule has 21 heavy (non-hydrogen) atoms. The van der Waals surface area contributed by atoms with Crippen LogP contribution in [0.1, 0.15) is 10.4 Å². The minimum atomic E-state index is -3.62. The fraction of sp³-hybridized carbons (Fsp3) is 0.636. The summed E-state index contributed by atoms with van der Waals surface area (Å²) in [6.07, 6.45) is 1.13. The smallest absolute Gasteiger partial charge is 0.244 e. The maximum atomic E-state index is 12.7. The Labute approximate surface area is 129 Å². The average Bonchev–Trinajstić information content (AvgIpc) is 2.79. The maximum Gasteiger partial charge on any atom is 0.244 e. The van der Waals surface area contributed by atoms with Gasteiger partial charge in [-0.2, -0.15) is 8.61 Å². The summed E-state index contributed by atoms with van der Waals surface area (Å²) in [4.78, 5) is 0.917. The van der Waals surface area contributed by atoms with Gasteiger partial charge in [-0.1, -0.05) is 0 Å². The highest BCUT2D eigenvalue weighted by atomic mass is 32.2. The van der Waals surface area contributed by atoms with Gasteiger partial charge >= 0.3 is 0 Å². The average molecular weight is 353 g/mol. The highest BCUT2D eigenvalue weighted by Crippen LogP contribution is 2.29. The van der Waals surface area contributed by atoms with E-state index >= 15 is 0 Å². The second-order valence-corrected chi connectivity index (χ2v) is 9.76. The first-order chi connectivity index (χ1) is 9.67. The number of hydrogen-bond donors (Lipinski definition) is 1. The second-order valence-electron chi connectivity index (χ2n) is 4.94. The van der Waals surface area contributed by atoms with Crippen LogP contribution in [0.5, 0.6) is 0 Å². The lowest BCUT2D eigenvalue weighted by atomic mass is 10.3.